The highest BCUT2D eigenvalue weighted by molar-refractivity contribution is 7.09. The molecule has 0 aliphatic heterocycles. The Morgan fingerprint density at radius 2 is 2.38 bits per heavy atom. The Morgan fingerprint density at radius 3 is 2.94 bits per heavy atom. The van der Waals surface area contributed by atoms with E-state index in [4.69, 9.17) is 4.74 Å². The summed E-state index contributed by atoms with van der Waals surface area (Å²) >= 11 is 1.74. The van der Waals surface area contributed by atoms with Crippen LogP contribution in [0.2, 0.25) is 0 Å². The molecule has 1 aliphatic rings. The van der Waals surface area contributed by atoms with Gasteiger partial charge in [-0.3, -0.25) is 0 Å². The Balaban J connectivity index is 1.70. The molecule has 0 aromatic carbocycles. The smallest absolute Gasteiger partial charge is 0.0798 e. The number of hydrogen-bond donors (Lipinski definition) is 1. The topological polar surface area (TPSA) is 34.1 Å². The van der Waals surface area contributed by atoms with Crippen molar-refractivity contribution in [3.05, 3.63) is 16.1 Å². The lowest BCUT2D eigenvalue weighted by molar-refractivity contribution is 0.171. The zero-order valence-corrected chi connectivity index (χ0v) is 10.9. The molecule has 1 heterocycles. The van der Waals surface area contributed by atoms with Gasteiger partial charge in [0.15, 0.2) is 0 Å². The van der Waals surface area contributed by atoms with Crippen LogP contribution in [0.25, 0.3) is 0 Å². The van der Waals surface area contributed by atoms with Gasteiger partial charge in [-0.05, 0) is 31.6 Å². The third kappa shape index (κ3) is 3.03. The van der Waals surface area contributed by atoms with Crippen LogP contribution < -0.4 is 5.32 Å². The molecule has 0 saturated heterocycles. The number of ether oxygens (including phenoxy) is 1. The van der Waals surface area contributed by atoms with Crippen LogP contribution in [0.3, 0.4) is 0 Å². The lowest BCUT2D eigenvalue weighted by Gasteiger charge is -2.15. The van der Waals surface area contributed by atoms with Crippen LogP contribution in [0.1, 0.15) is 29.8 Å². The molecule has 1 aromatic rings. The van der Waals surface area contributed by atoms with Crippen LogP contribution in [-0.2, 0) is 11.3 Å². The molecule has 1 fully saturated rings. The van der Waals surface area contributed by atoms with E-state index in [2.05, 4.69) is 17.2 Å². The Morgan fingerprint density at radius 1 is 1.56 bits per heavy atom. The molecule has 90 valence electrons. The molecule has 0 atom stereocenters. The van der Waals surface area contributed by atoms with Gasteiger partial charge in [0, 0.05) is 31.7 Å². The first-order chi connectivity index (χ1) is 7.76. The normalized spacial score (nSPS) is 17.6. The van der Waals surface area contributed by atoms with Crippen molar-refractivity contribution in [1.82, 2.24) is 10.3 Å². The molecule has 1 aromatic heterocycles. The highest BCUT2D eigenvalue weighted by Crippen LogP contribution is 2.48. The largest absolute Gasteiger partial charge is 0.385 e. The zero-order valence-electron chi connectivity index (χ0n) is 10.1. The van der Waals surface area contributed by atoms with Gasteiger partial charge in [-0.1, -0.05) is 0 Å². The summed E-state index contributed by atoms with van der Waals surface area (Å²) < 4.78 is 5.15. The van der Waals surface area contributed by atoms with Gasteiger partial charge in [-0.2, -0.15) is 0 Å². The molecule has 3 nitrogen and oxygen atoms in total. The molecule has 1 aliphatic carbocycles. The molecule has 2 rings (SSSR count). The number of nitrogens with one attached hydrogen (secondary N) is 1. The van der Waals surface area contributed by atoms with Crippen LogP contribution >= 0.6 is 11.3 Å². The van der Waals surface area contributed by atoms with Gasteiger partial charge in [-0.25, -0.2) is 4.98 Å². The van der Waals surface area contributed by atoms with Gasteiger partial charge < -0.3 is 10.1 Å². The molecule has 1 N–H and O–H groups in total. The first-order valence-electron chi connectivity index (χ1n) is 5.84. The van der Waals surface area contributed by atoms with Crippen molar-refractivity contribution >= 4 is 11.3 Å². The fraction of sp³-hybridized carbons (Fsp3) is 0.750. The Labute approximate surface area is 101 Å². The summed E-state index contributed by atoms with van der Waals surface area (Å²) in [5, 5.41) is 3.56. The van der Waals surface area contributed by atoms with Crippen molar-refractivity contribution in [2.75, 3.05) is 20.3 Å². The standard InChI is InChI=1S/C12H20N2OS/c1-10-11(16-9-14-10)7-13-8-12(3-4-12)5-6-15-2/h9,13H,3-8H2,1-2H3. The van der Waals surface area contributed by atoms with E-state index in [1.807, 2.05) is 5.51 Å². The first kappa shape index (κ1) is 12.0. The second-order valence-electron chi connectivity index (χ2n) is 4.71. The number of hydrogen-bond acceptors (Lipinski definition) is 4. The Kier molecular flexibility index (Phi) is 3.95. The highest BCUT2D eigenvalue weighted by atomic mass is 32.1. The monoisotopic (exact) mass is 240 g/mol. The van der Waals surface area contributed by atoms with Crippen molar-refractivity contribution in [1.29, 1.82) is 0 Å². The minimum atomic E-state index is 0.536. The van der Waals surface area contributed by atoms with Gasteiger partial charge in [0.05, 0.1) is 11.2 Å². The average Bonchev–Trinajstić information content (AvgIpc) is 2.94. The second-order valence-corrected chi connectivity index (χ2v) is 5.65. The van der Waals surface area contributed by atoms with Crippen molar-refractivity contribution in [3.63, 3.8) is 0 Å². The van der Waals surface area contributed by atoms with Crippen molar-refractivity contribution in [2.45, 2.75) is 32.7 Å². The fourth-order valence-electron chi connectivity index (χ4n) is 1.95. The molecule has 16 heavy (non-hydrogen) atoms. The number of aryl methyl sites for hydroxylation is 1. The number of aromatic nitrogens is 1. The average molecular weight is 240 g/mol. The lowest BCUT2D eigenvalue weighted by atomic mass is 10.0. The zero-order chi connectivity index (χ0) is 11.4. The Hall–Kier alpha value is -0.450. The van der Waals surface area contributed by atoms with E-state index >= 15 is 0 Å². The maximum atomic E-state index is 5.15. The van der Waals surface area contributed by atoms with E-state index in [-0.39, 0.29) is 0 Å². The van der Waals surface area contributed by atoms with Crippen molar-refractivity contribution in [2.24, 2.45) is 5.41 Å². The summed E-state index contributed by atoms with van der Waals surface area (Å²) in [4.78, 5) is 5.62. The van der Waals surface area contributed by atoms with E-state index in [1.54, 1.807) is 18.4 Å². The molecule has 0 radical (unpaired) electrons. The molecule has 0 unspecified atom stereocenters. The first-order valence-corrected chi connectivity index (χ1v) is 6.72. The third-order valence-electron chi connectivity index (χ3n) is 3.42. The third-order valence-corrected chi connectivity index (χ3v) is 4.36. The van der Waals surface area contributed by atoms with Crippen molar-refractivity contribution in [3.8, 4) is 0 Å². The highest BCUT2D eigenvalue weighted by Gasteiger charge is 2.41. The molecular formula is C12H20N2OS. The molecule has 0 bridgehead atoms. The molecule has 0 amide bonds. The summed E-state index contributed by atoms with van der Waals surface area (Å²) in [5.41, 5.74) is 3.62. The van der Waals surface area contributed by atoms with Crippen LogP contribution in [-0.4, -0.2) is 25.2 Å². The molecule has 0 spiro atoms. The van der Waals surface area contributed by atoms with Crippen LogP contribution in [0.4, 0.5) is 0 Å². The maximum Gasteiger partial charge on any atom is 0.0798 e. The minimum absolute atomic E-state index is 0.536. The minimum Gasteiger partial charge on any atom is -0.385 e. The molecule has 1 saturated carbocycles. The van der Waals surface area contributed by atoms with Gasteiger partial charge >= 0.3 is 0 Å². The summed E-state index contributed by atoms with van der Waals surface area (Å²) in [5.74, 6) is 0. The molecular weight excluding hydrogens is 220 g/mol. The maximum absolute atomic E-state index is 5.15. The number of methoxy groups -OCH3 is 1. The van der Waals surface area contributed by atoms with E-state index in [1.165, 1.54) is 29.8 Å². The fourth-order valence-corrected chi connectivity index (χ4v) is 2.69. The number of rotatable bonds is 7. The van der Waals surface area contributed by atoms with Gasteiger partial charge in [0.2, 0.25) is 0 Å². The lowest BCUT2D eigenvalue weighted by Crippen LogP contribution is -2.24. The quantitative estimate of drug-likeness (QED) is 0.794. The predicted octanol–water partition coefficient (Wildman–Crippen LogP) is 2.36. The van der Waals surface area contributed by atoms with Crippen molar-refractivity contribution < 1.29 is 4.74 Å². The SMILES string of the molecule is COCCC1(CNCc2scnc2C)CC1. The summed E-state index contributed by atoms with van der Waals surface area (Å²) in [7, 11) is 1.78. The van der Waals surface area contributed by atoms with Crippen LogP contribution in [0.5, 0.6) is 0 Å². The molecule has 4 heteroatoms. The van der Waals surface area contributed by atoms with Gasteiger partial charge in [0.1, 0.15) is 0 Å². The summed E-state index contributed by atoms with van der Waals surface area (Å²) in [6.07, 6.45) is 3.90. The van der Waals surface area contributed by atoms with Crippen LogP contribution in [0.15, 0.2) is 5.51 Å². The number of thiazole rings is 1. The Bertz CT molecular complexity index is 334. The van der Waals surface area contributed by atoms with Crippen LogP contribution in [0, 0.1) is 12.3 Å². The predicted molar refractivity (Wildman–Crippen MR) is 66.7 cm³/mol. The van der Waals surface area contributed by atoms with E-state index in [9.17, 15) is 0 Å². The van der Waals surface area contributed by atoms with Gasteiger partial charge in [-0.15, -0.1) is 11.3 Å². The van der Waals surface area contributed by atoms with E-state index < -0.39 is 0 Å². The van der Waals surface area contributed by atoms with Gasteiger partial charge in [0.25, 0.3) is 0 Å². The summed E-state index contributed by atoms with van der Waals surface area (Å²) in [6.45, 7) is 5.05. The van der Waals surface area contributed by atoms with E-state index in [0.717, 1.165) is 19.7 Å². The second kappa shape index (κ2) is 5.25. The number of nitrogens with zero attached hydrogens (tertiary/aromatic N) is 1. The summed E-state index contributed by atoms with van der Waals surface area (Å²) in [6, 6.07) is 0. The van der Waals surface area contributed by atoms with E-state index in [0.29, 0.717) is 5.41 Å².